The standard InChI is InChI=1S/C19H20N4O4S/c24-28(25,13-1-2-15-16(11-13)27-10-9-26-15)17-3-4-21-18-14(12-22-19(17)18)23-7-5-20-6-8-23/h1-4,11-12,20,22H,5-10H2. The smallest absolute Gasteiger partial charge is 0.208 e. The zero-order valence-electron chi connectivity index (χ0n) is 15.1. The number of H-pyrrole nitrogens is 1. The summed E-state index contributed by atoms with van der Waals surface area (Å²) in [5.74, 6) is 1.01. The highest BCUT2D eigenvalue weighted by atomic mass is 32.2. The predicted octanol–water partition coefficient (Wildman–Crippen LogP) is 1.58. The average Bonchev–Trinajstić information content (AvgIpc) is 3.18. The summed E-state index contributed by atoms with van der Waals surface area (Å²) in [6.45, 7) is 4.35. The van der Waals surface area contributed by atoms with Crippen LogP contribution in [0.3, 0.4) is 0 Å². The maximum atomic E-state index is 13.4. The highest BCUT2D eigenvalue weighted by Gasteiger charge is 2.26. The fourth-order valence-electron chi connectivity index (χ4n) is 3.68. The number of rotatable bonds is 3. The van der Waals surface area contributed by atoms with Crippen molar-refractivity contribution in [2.24, 2.45) is 0 Å². The van der Waals surface area contributed by atoms with Gasteiger partial charge in [-0.3, -0.25) is 4.98 Å². The summed E-state index contributed by atoms with van der Waals surface area (Å²) in [6, 6.07) is 6.25. The van der Waals surface area contributed by atoms with E-state index in [0.29, 0.717) is 35.7 Å². The lowest BCUT2D eigenvalue weighted by Crippen LogP contribution is -2.43. The van der Waals surface area contributed by atoms with Gasteiger partial charge in [0.2, 0.25) is 9.84 Å². The third-order valence-corrected chi connectivity index (χ3v) is 6.87. The van der Waals surface area contributed by atoms with Crippen LogP contribution in [0, 0.1) is 0 Å². The van der Waals surface area contributed by atoms with Gasteiger partial charge in [-0.05, 0) is 18.2 Å². The van der Waals surface area contributed by atoms with E-state index in [1.54, 1.807) is 18.3 Å². The molecule has 1 saturated heterocycles. The Morgan fingerprint density at radius 3 is 2.64 bits per heavy atom. The summed E-state index contributed by atoms with van der Waals surface area (Å²) in [7, 11) is -3.75. The van der Waals surface area contributed by atoms with Gasteiger partial charge in [-0.2, -0.15) is 0 Å². The Bertz CT molecular complexity index is 1140. The zero-order valence-corrected chi connectivity index (χ0v) is 16.0. The van der Waals surface area contributed by atoms with Crippen LogP contribution in [0.5, 0.6) is 11.5 Å². The summed E-state index contributed by atoms with van der Waals surface area (Å²) in [4.78, 5) is 10.2. The van der Waals surface area contributed by atoms with Crippen LogP contribution in [0.2, 0.25) is 0 Å². The molecular formula is C19H20N4O4S. The molecule has 28 heavy (non-hydrogen) atoms. The first-order valence-corrected chi connectivity index (χ1v) is 10.7. The molecule has 2 aliphatic heterocycles. The second kappa shape index (κ2) is 6.68. The van der Waals surface area contributed by atoms with Crippen molar-refractivity contribution in [2.45, 2.75) is 9.79 Å². The van der Waals surface area contributed by atoms with Gasteiger partial charge < -0.3 is 24.7 Å². The largest absolute Gasteiger partial charge is 0.486 e. The first kappa shape index (κ1) is 17.3. The normalized spacial score (nSPS) is 17.1. The van der Waals surface area contributed by atoms with Crippen molar-refractivity contribution in [1.29, 1.82) is 0 Å². The van der Waals surface area contributed by atoms with Gasteiger partial charge in [-0.15, -0.1) is 0 Å². The van der Waals surface area contributed by atoms with Crippen LogP contribution in [0.4, 0.5) is 5.69 Å². The number of hydrogen-bond donors (Lipinski definition) is 2. The number of ether oxygens (including phenoxy) is 2. The minimum absolute atomic E-state index is 0.169. The molecule has 3 aromatic rings. The highest BCUT2D eigenvalue weighted by Crippen LogP contribution is 2.36. The number of fused-ring (bicyclic) bond motifs is 2. The summed E-state index contributed by atoms with van der Waals surface area (Å²) >= 11 is 0. The SMILES string of the molecule is O=S(=O)(c1ccc2c(c1)OCCO2)c1ccnc2c(N3CCNCC3)c[nH]c12. The van der Waals surface area contributed by atoms with Crippen LogP contribution in [-0.2, 0) is 9.84 Å². The molecule has 9 heteroatoms. The zero-order chi connectivity index (χ0) is 19.1. The molecule has 0 saturated carbocycles. The Hall–Kier alpha value is -2.78. The van der Waals surface area contributed by atoms with Crippen molar-refractivity contribution in [3.8, 4) is 11.5 Å². The van der Waals surface area contributed by atoms with Crippen LogP contribution < -0.4 is 19.7 Å². The molecule has 0 aliphatic carbocycles. The Morgan fingerprint density at radius 1 is 1.04 bits per heavy atom. The second-order valence-electron chi connectivity index (χ2n) is 6.75. The fraction of sp³-hybridized carbons (Fsp3) is 0.316. The topological polar surface area (TPSA) is 96.6 Å². The monoisotopic (exact) mass is 400 g/mol. The number of aromatic nitrogens is 2. The van der Waals surface area contributed by atoms with Gasteiger partial charge in [0, 0.05) is 44.6 Å². The van der Waals surface area contributed by atoms with E-state index in [1.165, 1.54) is 12.1 Å². The van der Waals surface area contributed by atoms with Crippen molar-refractivity contribution in [3.05, 3.63) is 36.7 Å². The molecule has 2 N–H and O–H groups in total. The van der Waals surface area contributed by atoms with Crippen molar-refractivity contribution < 1.29 is 17.9 Å². The molecule has 0 amide bonds. The average molecular weight is 400 g/mol. The number of nitrogens with one attached hydrogen (secondary N) is 2. The molecule has 2 aromatic heterocycles. The van der Waals surface area contributed by atoms with Crippen molar-refractivity contribution in [3.63, 3.8) is 0 Å². The van der Waals surface area contributed by atoms with E-state index in [4.69, 9.17) is 9.47 Å². The summed E-state index contributed by atoms with van der Waals surface area (Å²) < 4.78 is 37.7. The molecule has 0 radical (unpaired) electrons. The number of benzene rings is 1. The fourth-order valence-corrected chi connectivity index (χ4v) is 5.10. The van der Waals surface area contributed by atoms with E-state index in [2.05, 4.69) is 20.2 Å². The lowest BCUT2D eigenvalue weighted by molar-refractivity contribution is 0.171. The first-order valence-electron chi connectivity index (χ1n) is 9.21. The Morgan fingerprint density at radius 2 is 1.82 bits per heavy atom. The number of nitrogens with zero attached hydrogens (tertiary/aromatic N) is 2. The third kappa shape index (κ3) is 2.78. The van der Waals surface area contributed by atoms with Crippen LogP contribution >= 0.6 is 0 Å². The van der Waals surface area contributed by atoms with E-state index in [-0.39, 0.29) is 9.79 Å². The van der Waals surface area contributed by atoms with E-state index < -0.39 is 9.84 Å². The van der Waals surface area contributed by atoms with Crippen LogP contribution in [-0.4, -0.2) is 57.8 Å². The van der Waals surface area contributed by atoms with Crippen LogP contribution in [0.25, 0.3) is 11.0 Å². The van der Waals surface area contributed by atoms with Crippen molar-refractivity contribution >= 4 is 26.6 Å². The molecule has 1 fully saturated rings. The number of aromatic amines is 1. The summed E-state index contributed by atoms with van der Waals surface area (Å²) in [6.07, 6.45) is 3.39. The molecule has 0 unspecified atom stereocenters. The van der Waals surface area contributed by atoms with E-state index >= 15 is 0 Å². The molecule has 5 rings (SSSR count). The van der Waals surface area contributed by atoms with Crippen LogP contribution in [0.1, 0.15) is 0 Å². The van der Waals surface area contributed by atoms with Gasteiger partial charge in [0.15, 0.2) is 11.5 Å². The Kier molecular flexibility index (Phi) is 4.13. The molecule has 2 aliphatic rings. The van der Waals surface area contributed by atoms with Gasteiger partial charge in [0.1, 0.15) is 18.7 Å². The highest BCUT2D eigenvalue weighted by molar-refractivity contribution is 7.91. The molecular weight excluding hydrogens is 380 g/mol. The minimum Gasteiger partial charge on any atom is -0.486 e. The lowest BCUT2D eigenvalue weighted by Gasteiger charge is -2.28. The van der Waals surface area contributed by atoms with Gasteiger partial charge >= 0.3 is 0 Å². The molecule has 4 heterocycles. The number of piperazine rings is 1. The van der Waals surface area contributed by atoms with Gasteiger partial charge in [-0.1, -0.05) is 0 Å². The lowest BCUT2D eigenvalue weighted by atomic mass is 10.3. The van der Waals surface area contributed by atoms with E-state index in [9.17, 15) is 8.42 Å². The van der Waals surface area contributed by atoms with Gasteiger partial charge in [0.25, 0.3) is 0 Å². The minimum atomic E-state index is -3.75. The second-order valence-corrected chi connectivity index (χ2v) is 8.67. The molecule has 0 atom stereocenters. The van der Waals surface area contributed by atoms with Crippen molar-refractivity contribution in [1.82, 2.24) is 15.3 Å². The first-order chi connectivity index (χ1) is 13.6. The molecule has 146 valence electrons. The molecule has 0 bridgehead atoms. The number of pyridine rings is 1. The third-order valence-electron chi connectivity index (χ3n) is 5.08. The molecule has 8 nitrogen and oxygen atoms in total. The number of hydrogen-bond acceptors (Lipinski definition) is 7. The number of sulfone groups is 1. The summed E-state index contributed by atoms with van der Waals surface area (Å²) in [5, 5.41) is 3.32. The Labute approximate surface area is 162 Å². The quantitative estimate of drug-likeness (QED) is 0.689. The van der Waals surface area contributed by atoms with Crippen molar-refractivity contribution in [2.75, 3.05) is 44.3 Å². The maximum Gasteiger partial charge on any atom is 0.208 e. The summed E-state index contributed by atoms with van der Waals surface area (Å²) in [5.41, 5.74) is 2.11. The Balaban J connectivity index is 1.59. The van der Waals surface area contributed by atoms with Crippen LogP contribution in [0.15, 0.2) is 46.5 Å². The number of anilines is 1. The van der Waals surface area contributed by atoms with Gasteiger partial charge in [-0.25, -0.2) is 8.42 Å². The van der Waals surface area contributed by atoms with E-state index in [1.807, 2.05) is 6.20 Å². The predicted molar refractivity (Wildman–Crippen MR) is 104 cm³/mol. The van der Waals surface area contributed by atoms with Gasteiger partial charge in [0.05, 0.1) is 21.0 Å². The maximum absolute atomic E-state index is 13.4. The van der Waals surface area contributed by atoms with E-state index in [0.717, 1.165) is 31.9 Å². The molecule has 1 aromatic carbocycles. The molecule has 0 spiro atoms.